The maximum Gasteiger partial charge on any atom is 0.343 e. The Balaban J connectivity index is 2.80. The summed E-state index contributed by atoms with van der Waals surface area (Å²) in [6, 6.07) is 5.25. The molecule has 1 rings (SSSR count). The molecule has 0 aromatic heterocycles. The first-order chi connectivity index (χ1) is 7.15. The average molecular weight is 208 g/mol. The zero-order valence-electron chi connectivity index (χ0n) is 7.58. The topological polar surface area (TPSA) is 83.8 Å². The SMILES string of the molecule is O=C(O)c1ccc(C(=O)OC=CO)cc1. The van der Waals surface area contributed by atoms with Gasteiger partial charge in [0, 0.05) is 0 Å². The van der Waals surface area contributed by atoms with Crippen LogP contribution in [0.5, 0.6) is 0 Å². The van der Waals surface area contributed by atoms with Crippen molar-refractivity contribution in [3.63, 3.8) is 0 Å². The predicted molar refractivity (Wildman–Crippen MR) is 50.6 cm³/mol. The molecule has 5 heteroatoms. The lowest BCUT2D eigenvalue weighted by atomic mass is 10.1. The molecule has 2 N–H and O–H groups in total. The first kappa shape index (κ1) is 10.8. The molecular weight excluding hydrogens is 200 g/mol. The Morgan fingerprint density at radius 2 is 1.67 bits per heavy atom. The Kier molecular flexibility index (Phi) is 3.45. The van der Waals surface area contributed by atoms with Gasteiger partial charge in [-0.3, -0.25) is 0 Å². The van der Waals surface area contributed by atoms with Crippen molar-refractivity contribution in [3.8, 4) is 0 Å². The van der Waals surface area contributed by atoms with Crippen molar-refractivity contribution in [3.05, 3.63) is 47.9 Å². The van der Waals surface area contributed by atoms with Crippen molar-refractivity contribution in [2.24, 2.45) is 0 Å². The summed E-state index contributed by atoms with van der Waals surface area (Å²) >= 11 is 0. The number of esters is 1. The van der Waals surface area contributed by atoms with Crippen molar-refractivity contribution in [1.82, 2.24) is 0 Å². The molecule has 0 radical (unpaired) electrons. The third-order valence-corrected chi connectivity index (χ3v) is 1.60. The molecule has 15 heavy (non-hydrogen) atoms. The average Bonchev–Trinajstić information content (AvgIpc) is 2.26. The van der Waals surface area contributed by atoms with Crippen LogP contribution in [0.1, 0.15) is 20.7 Å². The van der Waals surface area contributed by atoms with Crippen molar-refractivity contribution in [1.29, 1.82) is 0 Å². The highest BCUT2D eigenvalue weighted by atomic mass is 16.5. The van der Waals surface area contributed by atoms with Crippen LogP contribution in [0.4, 0.5) is 0 Å². The van der Waals surface area contributed by atoms with Crippen LogP contribution in [0.25, 0.3) is 0 Å². The van der Waals surface area contributed by atoms with E-state index >= 15 is 0 Å². The predicted octanol–water partition coefficient (Wildman–Crippen LogP) is 1.57. The lowest BCUT2D eigenvalue weighted by molar-refractivity contribution is 0.0652. The number of carboxylic acid groups (broad SMARTS) is 1. The number of carboxylic acids is 1. The number of aliphatic hydroxyl groups is 1. The Morgan fingerprint density at radius 3 is 2.13 bits per heavy atom. The molecule has 1 aromatic rings. The Hall–Kier alpha value is -2.30. The summed E-state index contributed by atoms with van der Waals surface area (Å²) in [5, 5.41) is 16.8. The van der Waals surface area contributed by atoms with Gasteiger partial charge in [-0.1, -0.05) is 0 Å². The Labute approximate surface area is 85.2 Å². The molecule has 0 amide bonds. The highest BCUT2D eigenvalue weighted by Crippen LogP contribution is 2.06. The molecule has 0 fully saturated rings. The zero-order valence-corrected chi connectivity index (χ0v) is 7.58. The van der Waals surface area contributed by atoms with E-state index in [-0.39, 0.29) is 11.1 Å². The van der Waals surface area contributed by atoms with E-state index in [4.69, 9.17) is 10.2 Å². The molecule has 0 bridgehead atoms. The van der Waals surface area contributed by atoms with E-state index in [2.05, 4.69) is 4.74 Å². The molecule has 0 atom stereocenters. The van der Waals surface area contributed by atoms with E-state index in [0.29, 0.717) is 6.26 Å². The minimum Gasteiger partial charge on any atom is -0.512 e. The molecule has 0 spiro atoms. The highest BCUT2D eigenvalue weighted by molar-refractivity contribution is 5.92. The molecule has 5 nitrogen and oxygen atoms in total. The quantitative estimate of drug-likeness (QED) is 0.581. The number of hydrogen-bond donors (Lipinski definition) is 2. The van der Waals surface area contributed by atoms with E-state index in [0.717, 1.165) is 6.26 Å². The van der Waals surface area contributed by atoms with E-state index < -0.39 is 11.9 Å². The first-order valence-electron chi connectivity index (χ1n) is 3.98. The number of carbonyl (C=O) groups excluding carboxylic acids is 1. The second-order valence-electron chi connectivity index (χ2n) is 2.57. The Morgan fingerprint density at radius 1 is 1.13 bits per heavy atom. The number of hydrogen-bond acceptors (Lipinski definition) is 4. The maximum atomic E-state index is 11.2. The minimum absolute atomic E-state index is 0.0873. The van der Waals surface area contributed by atoms with E-state index in [1.54, 1.807) is 0 Å². The van der Waals surface area contributed by atoms with Gasteiger partial charge in [-0.15, -0.1) is 0 Å². The fourth-order valence-electron chi connectivity index (χ4n) is 0.909. The van der Waals surface area contributed by atoms with Gasteiger partial charge in [0.15, 0.2) is 0 Å². The van der Waals surface area contributed by atoms with Crippen LogP contribution in [-0.2, 0) is 4.74 Å². The van der Waals surface area contributed by atoms with Gasteiger partial charge in [0.05, 0.1) is 11.1 Å². The molecule has 0 unspecified atom stereocenters. The van der Waals surface area contributed by atoms with Gasteiger partial charge in [0.1, 0.15) is 12.5 Å². The number of rotatable bonds is 3. The monoisotopic (exact) mass is 208 g/mol. The number of carbonyl (C=O) groups is 2. The number of aliphatic hydroxyl groups excluding tert-OH is 1. The van der Waals surface area contributed by atoms with E-state index in [1.165, 1.54) is 24.3 Å². The number of aromatic carboxylic acids is 1. The van der Waals surface area contributed by atoms with Gasteiger partial charge in [-0.25, -0.2) is 9.59 Å². The molecule has 78 valence electrons. The molecule has 0 saturated heterocycles. The van der Waals surface area contributed by atoms with Gasteiger partial charge >= 0.3 is 11.9 Å². The third kappa shape index (κ3) is 2.84. The van der Waals surface area contributed by atoms with E-state index in [9.17, 15) is 9.59 Å². The summed E-state index contributed by atoms with van der Waals surface area (Å²) in [5.74, 6) is -1.73. The molecule has 0 saturated carbocycles. The molecular formula is C10H8O5. The van der Waals surface area contributed by atoms with Crippen molar-refractivity contribution >= 4 is 11.9 Å². The van der Waals surface area contributed by atoms with Crippen LogP contribution < -0.4 is 0 Å². The summed E-state index contributed by atoms with van der Waals surface area (Å²) in [7, 11) is 0. The van der Waals surface area contributed by atoms with Crippen LogP contribution in [0.15, 0.2) is 36.8 Å². The standard InChI is InChI=1S/C10H8O5/c11-5-6-15-10(14)8-3-1-7(2-4-8)9(12)13/h1-6,11H,(H,12,13). The molecule has 0 aliphatic rings. The van der Waals surface area contributed by atoms with Crippen LogP contribution in [0, 0.1) is 0 Å². The normalized spacial score (nSPS) is 10.1. The molecule has 0 aliphatic heterocycles. The van der Waals surface area contributed by atoms with Crippen LogP contribution in [-0.4, -0.2) is 22.2 Å². The van der Waals surface area contributed by atoms with Crippen molar-refractivity contribution in [2.75, 3.05) is 0 Å². The van der Waals surface area contributed by atoms with Crippen molar-refractivity contribution in [2.45, 2.75) is 0 Å². The molecule has 0 heterocycles. The second-order valence-corrected chi connectivity index (χ2v) is 2.57. The van der Waals surface area contributed by atoms with Gasteiger partial charge in [0.25, 0.3) is 0 Å². The fourth-order valence-corrected chi connectivity index (χ4v) is 0.909. The van der Waals surface area contributed by atoms with Gasteiger partial charge < -0.3 is 14.9 Å². The molecule has 1 aromatic carbocycles. The Bertz CT molecular complexity index is 391. The number of benzene rings is 1. The van der Waals surface area contributed by atoms with E-state index in [1.807, 2.05) is 0 Å². The van der Waals surface area contributed by atoms with Crippen molar-refractivity contribution < 1.29 is 24.5 Å². The maximum absolute atomic E-state index is 11.2. The summed E-state index contributed by atoms with van der Waals surface area (Å²) in [6.45, 7) is 0. The van der Waals surface area contributed by atoms with Gasteiger partial charge in [-0.2, -0.15) is 0 Å². The molecule has 0 aliphatic carbocycles. The van der Waals surface area contributed by atoms with Crippen LogP contribution in [0.3, 0.4) is 0 Å². The van der Waals surface area contributed by atoms with Gasteiger partial charge in [0.2, 0.25) is 0 Å². The first-order valence-corrected chi connectivity index (χ1v) is 3.98. The summed E-state index contributed by atoms with van der Waals surface area (Å²) in [5.41, 5.74) is 0.294. The van der Waals surface area contributed by atoms with Crippen LogP contribution >= 0.6 is 0 Å². The largest absolute Gasteiger partial charge is 0.512 e. The lowest BCUT2D eigenvalue weighted by Crippen LogP contribution is -2.02. The fraction of sp³-hybridized carbons (Fsp3) is 0. The van der Waals surface area contributed by atoms with Crippen LogP contribution in [0.2, 0.25) is 0 Å². The van der Waals surface area contributed by atoms with Gasteiger partial charge in [-0.05, 0) is 24.3 Å². The summed E-state index contributed by atoms with van der Waals surface area (Å²) in [6.07, 6.45) is 1.41. The third-order valence-electron chi connectivity index (χ3n) is 1.60. The zero-order chi connectivity index (χ0) is 11.3. The number of ether oxygens (including phenoxy) is 1. The minimum atomic E-state index is -1.06. The second kappa shape index (κ2) is 4.80. The smallest absolute Gasteiger partial charge is 0.343 e. The highest BCUT2D eigenvalue weighted by Gasteiger charge is 2.07. The summed E-state index contributed by atoms with van der Waals surface area (Å²) in [4.78, 5) is 21.6. The summed E-state index contributed by atoms with van der Waals surface area (Å²) < 4.78 is 4.46. The lowest BCUT2D eigenvalue weighted by Gasteiger charge is -1.99.